The fourth-order valence-corrected chi connectivity index (χ4v) is 1.43. The number of urea groups is 1. The van der Waals surface area contributed by atoms with Crippen molar-refractivity contribution in [2.45, 2.75) is 38.9 Å². The van der Waals surface area contributed by atoms with Crippen LogP contribution in [-0.2, 0) is 4.79 Å². The molecule has 0 bridgehead atoms. The number of hydrogen-bond acceptors (Lipinski definition) is 2. The van der Waals surface area contributed by atoms with E-state index >= 15 is 0 Å². The second kappa shape index (κ2) is 7.07. The molecule has 2 amide bonds. The molecule has 1 unspecified atom stereocenters. The van der Waals surface area contributed by atoms with E-state index in [4.69, 9.17) is 5.11 Å². The van der Waals surface area contributed by atoms with Gasteiger partial charge in [0, 0.05) is 19.1 Å². The molecule has 106 valence electrons. The lowest BCUT2D eigenvalue weighted by Crippen LogP contribution is -2.46. The summed E-state index contributed by atoms with van der Waals surface area (Å²) in [7, 11) is 0. The Morgan fingerprint density at radius 1 is 1.39 bits per heavy atom. The van der Waals surface area contributed by atoms with Crippen molar-refractivity contribution < 1.29 is 27.9 Å². The highest BCUT2D eigenvalue weighted by atomic mass is 19.4. The molecule has 0 aromatic heterocycles. The molecule has 0 aromatic rings. The zero-order valence-corrected chi connectivity index (χ0v) is 10.3. The molecule has 0 fully saturated rings. The number of carbonyl (C=O) groups is 2. The summed E-state index contributed by atoms with van der Waals surface area (Å²) in [6.45, 7) is 2.87. The Labute approximate surface area is 103 Å². The fourth-order valence-electron chi connectivity index (χ4n) is 1.43. The smallest absolute Gasteiger partial charge is 0.390 e. The highest BCUT2D eigenvalue weighted by Gasteiger charge is 2.27. The third-order valence-electron chi connectivity index (χ3n) is 2.29. The largest absolute Gasteiger partial charge is 0.481 e. The van der Waals surface area contributed by atoms with Crippen LogP contribution in [0.5, 0.6) is 0 Å². The van der Waals surface area contributed by atoms with Crippen LogP contribution >= 0.6 is 0 Å². The molecule has 8 heteroatoms. The Bertz CT molecular complexity index is 295. The first kappa shape index (κ1) is 16.5. The van der Waals surface area contributed by atoms with Crippen LogP contribution in [0.15, 0.2) is 0 Å². The first-order valence-corrected chi connectivity index (χ1v) is 5.50. The highest BCUT2D eigenvalue weighted by Crippen LogP contribution is 2.18. The van der Waals surface area contributed by atoms with Gasteiger partial charge in [0.25, 0.3) is 0 Å². The van der Waals surface area contributed by atoms with Crippen molar-refractivity contribution in [1.29, 1.82) is 0 Å². The number of halogens is 3. The van der Waals surface area contributed by atoms with Gasteiger partial charge >= 0.3 is 18.2 Å². The number of alkyl halides is 3. The first-order chi connectivity index (χ1) is 8.17. The number of carboxylic acids is 1. The van der Waals surface area contributed by atoms with Gasteiger partial charge in [0.1, 0.15) is 0 Å². The summed E-state index contributed by atoms with van der Waals surface area (Å²) in [5.74, 6) is -1.07. The monoisotopic (exact) mass is 270 g/mol. The van der Waals surface area contributed by atoms with Crippen molar-refractivity contribution in [2.24, 2.45) is 0 Å². The van der Waals surface area contributed by atoms with Gasteiger partial charge in [-0.05, 0) is 13.8 Å². The molecular formula is C10H17F3N2O3. The number of hydrogen-bond donors (Lipinski definition) is 2. The van der Waals surface area contributed by atoms with E-state index in [2.05, 4.69) is 5.32 Å². The van der Waals surface area contributed by atoms with Crippen LogP contribution in [0.25, 0.3) is 0 Å². The van der Waals surface area contributed by atoms with E-state index < -0.39 is 37.2 Å². The Morgan fingerprint density at radius 3 is 2.33 bits per heavy atom. The van der Waals surface area contributed by atoms with Crippen LogP contribution in [0.3, 0.4) is 0 Å². The van der Waals surface area contributed by atoms with E-state index in [0.717, 1.165) is 0 Å². The minimum Gasteiger partial charge on any atom is -0.481 e. The van der Waals surface area contributed by atoms with E-state index in [9.17, 15) is 22.8 Å². The summed E-state index contributed by atoms with van der Waals surface area (Å²) < 4.78 is 35.6. The number of rotatable bonds is 6. The van der Waals surface area contributed by atoms with Gasteiger partial charge in [-0.2, -0.15) is 13.2 Å². The normalized spacial score (nSPS) is 12.9. The third-order valence-corrected chi connectivity index (χ3v) is 2.29. The van der Waals surface area contributed by atoms with E-state index in [-0.39, 0.29) is 13.0 Å². The van der Waals surface area contributed by atoms with Crippen molar-refractivity contribution in [3.8, 4) is 0 Å². The van der Waals surface area contributed by atoms with Crippen molar-refractivity contribution in [1.82, 2.24) is 10.2 Å². The summed E-state index contributed by atoms with van der Waals surface area (Å²) in [5.41, 5.74) is 0. The molecule has 18 heavy (non-hydrogen) atoms. The molecule has 0 saturated carbocycles. The number of amides is 2. The SMILES string of the molecule is CCN(C(=O)NCCC(F)(F)F)C(C)CC(=O)O. The molecule has 0 aliphatic carbocycles. The van der Waals surface area contributed by atoms with Crippen LogP contribution in [0, 0.1) is 0 Å². The predicted octanol–water partition coefficient (Wildman–Crippen LogP) is 1.83. The van der Waals surface area contributed by atoms with Gasteiger partial charge < -0.3 is 15.3 Å². The topological polar surface area (TPSA) is 69.6 Å². The van der Waals surface area contributed by atoms with E-state index in [1.807, 2.05) is 0 Å². The fraction of sp³-hybridized carbons (Fsp3) is 0.800. The second-order valence-electron chi connectivity index (χ2n) is 3.83. The molecule has 0 aliphatic rings. The zero-order chi connectivity index (χ0) is 14.3. The highest BCUT2D eigenvalue weighted by molar-refractivity contribution is 5.75. The summed E-state index contributed by atoms with van der Waals surface area (Å²) >= 11 is 0. The maximum Gasteiger partial charge on any atom is 0.390 e. The lowest BCUT2D eigenvalue weighted by molar-refractivity contribution is -0.138. The van der Waals surface area contributed by atoms with E-state index in [1.165, 1.54) is 11.8 Å². The Hall–Kier alpha value is -1.47. The second-order valence-corrected chi connectivity index (χ2v) is 3.83. The first-order valence-electron chi connectivity index (χ1n) is 5.50. The van der Waals surface area contributed by atoms with Crippen LogP contribution < -0.4 is 5.32 Å². The average molecular weight is 270 g/mol. The van der Waals surface area contributed by atoms with Gasteiger partial charge in [0.05, 0.1) is 12.8 Å². The number of aliphatic carboxylic acids is 1. The lowest BCUT2D eigenvalue weighted by Gasteiger charge is -2.27. The van der Waals surface area contributed by atoms with E-state index in [0.29, 0.717) is 0 Å². The molecule has 0 heterocycles. The average Bonchev–Trinajstić information content (AvgIpc) is 2.15. The lowest BCUT2D eigenvalue weighted by atomic mass is 10.2. The van der Waals surface area contributed by atoms with Gasteiger partial charge in [-0.3, -0.25) is 4.79 Å². The standard InChI is InChI=1S/C10H17F3N2O3/c1-3-15(7(2)6-8(16)17)9(18)14-5-4-10(11,12)13/h7H,3-6H2,1-2H3,(H,14,18)(H,16,17). The molecule has 5 nitrogen and oxygen atoms in total. The van der Waals surface area contributed by atoms with Crippen molar-refractivity contribution >= 4 is 12.0 Å². The van der Waals surface area contributed by atoms with Crippen LogP contribution in [0.1, 0.15) is 26.7 Å². The zero-order valence-electron chi connectivity index (χ0n) is 10.3. The molecule has 0 rings (SSSR count). The van der Waals surface area contributed by atoms with Gasteiger partial charge in [-0.25, -0.2) is 4.79 Å². The van der Waals surface area contributed by atoms with Gasteiger partial charge in [-0.1, -0.05) is 0 Å². The molecule has 0 spiro atoms. The number of nitrogens with zero attached hydrogens (tertiary/aromatic N) is 1. The Kier molecular flexibility index (Phi) is 6.50. The molecular weight excluding hydrogens is 253 g/mol. The molecule has 0 aliphatic heterocycles. The van der Waals surface area contributed by atoms with Crippen molar-refractivity contribution in [2.75, 3.05) is 13.1 Å². The maximum absolute atomic E-state index is 11.9. The molecule has 2 N–H and O–H groups in total. The summed E-state index contributed by atoms with van der Waals surface area (Å²) in [6.07, 6.45) is -5.68. The summed E-state index contributed by atoms with van der Waals surface area (Å²) in [5, 5.41) is 10.7. The maximum atomic E-state index is 11.9. The van der Waals surface area contributed by atoms with Crippen LogP contribution in [0.4, 0.5) is 18.0 Å². The van der Waals surface area contributed by atoms with E-state index in [1.54, 1.807) is 6.92 Å². The summed E-state index contributed by atoms with van der Waals surface area (Å²) in [4.78, 5) is 23.2. The minimum absolute atomic E-state index is 0.228. The van der Waals surface area contributed by atoms with Gasteiger partial charge in [0.15, 0.2) is 0 Å². The van der Waals surface area contributed by atoms with Gasteiger partial charge in [-0.15, -0.1) is 0 Å². The molecule has 0 saturated heterocycles. The quantitative estimate of drug-likeness (QED) is 0.773. The number of carbonyl (C=O) groups excluding carboxylic acids is 1. The molecule has 0 radical (unpaired) electrons. The Morgan fingerprint density at radius 2 is 1.94 bits per heavy atom. The summed E-state index contributed by atoms with van der Waals surface area (Å²) in [6, 6.07) is -1.26. The van der Waals surface area contributed by atoms with Crippen LogP contribution in [-0.4, -0.2) is 47.3 Å². The third kappa shape index (κ3) is 6.97. The molecule has 0 aromatic carbocycles. The van der Waals surface area contributed by atoms with Crippen LogP contribution in [0.2, 0.25) is 0 Å². The number of nitrogens with one attached hydrogen (secondary N) is 1. The molecule has 1 atom stereocenters. The minimum atomic E-state index is -4.32. The predicted molar refractivity (Wildman–Crippen MR) is 58.2 cm³/mol. The van der Waals surface area contributed by atoms with Crippen molar-refractivity contribution in [3.63, 3.8) is 0 Å². The Balaban J connectivity index is 4.23. The number of carboxylic acid groups (broad SMARTS) is 1. The van der Waals surface area contributed by atoms with Gasteiger partial charge in [0.2, 0.25) is 0 Å². The van der Waals surface area contributed by atoms with Crippen molar-refractivity contribution in [3.05, 3.63) is 0 Å².